The molecule has 152 valence electrons. The number of aryl methyl sites for hydroxylation is 1. The summed E-state index contributed by atoms with van der Waals surface area (Å²) in [4.78, 5) is 29.6. The summed E-state index contributed by atoms with van der Waals surface area (Å²) < 4.78 is 5.41. The SMILES string of the molecule is CCOc1ccc(NC(=O)/C(=C/c2cccnc2)NC(=O)c2ccc(C)cc2)cc1. The predicted molar refractivity (Wildman–Crippen MR) is 117 cm³/mol. The Morgan fingerprint density at radius 1 is 1.03 bits per heavy atom. The summed E-state index contributed by atoms with van der Waals surface area (Å²) in [6, 6.07) is 17.7. The largest absolute Gasteiger partial charge is 0.494 e. The lowest BCUT2D eigenvalue weighted by Gasteiger charge is -2.12. The molecular weight excluding hydrogens is 378 g/mol. The second kappa shape index (κ2) is 10.0. The molecule has 0 saturated carbocycles. The molecule has 0 atom stereocenters. The molecule has 0 aliphatic rings. The van der Waals surface area contributed by atoms with Gasteiger partial charge >= 0.3 is 0 Å². The number of pyridine rings is 1. The van der Waals surface area contributed by atoms with E-state index in [1.54, 1.807) is 67.0 Å². The van der Waals surface area contributed by atoms with Crippen LogP contribution in [0.2, 0.25) is 0 Å². The van der Waals surface area contributed by atoms with Crippen molar-refractivity contribution in [3.63, 3.8) is 0 Å². The zero-order valence-electron chi connectivity index (χ0n) is 16.9. The maximum absolute atomic E-state index is 12.9. The normalized spacial score (nSPS) is 10.9. The Balaban J connectivity index is 1.81. The first-order chi connectivity index (χ1) is 14.5. The van der Waals surface area contributed by atoms with E-state index >= 15 is 0 Å². The molecule has 0 saturated heterocycles. The van der Waals surface area contributed by atoms with Crippen LogP contribution in [-0.2, 0) is 4.79 Å². The maximum Gasteiger partial charge on any atom is 0.272 e. The third-order valence-electron chi connectivity index (χ3n) is 4.23. The van der Waals surface area contributed by atoms with Crippen LogP contribution < -0.4 is 15.4 Å². The first-order valence-corrected chi connectivity index (χ1v) is 9.59. The first kappa shape index (κ1) is 20.8. The predicted octanol–water partition coefficient (Wildman–Crippen LogP) is 4.20. The summed E-state index contributed by atoms with van der Waals surface area (Å²) in [6.45, 7) is 4.41. The Kier molecular flexibility index (Phi) is 6.95. The maximum atomic E-state index is 12.9. The van der Waals surface area contributed by atoms with Gasteiger partial charge in [0.05, 0.1) is 6.61 Å². The molecule has 0 bridgehead atoms. The van der Waals surface area contributed by atoms with E-state index in [4.69, 9.17) is 4.74 Å². The Morgan fingerprint density at radius 3 is 2.40 bits per heavy atom. The van der Waals surface area contributed by atoms with Crippen LogP contribution >= 0.6 is 0 Å². The summed E-state index contributed by atoms with van der Waals surface area (Å²) in [7, 11) is 0. The van der Waals surface area contributed by atoms with Crippen molar-refractivity contribution >= 4 is 23.6 Å². The van der Waals surface area contributed by atoms with Gasteiger partial charge in [-0.05, 0) is 68.0 Å². The van der Waals surface area contributed by atoms with Gasteiger partial charge in [-0.25, -0.2) is 0 Å². The van der Waals surface area contributed by atoms with Crippen LogP contribution in [0, 0.1) is 6.92 Å². The molecule has 0 aliphatic carbocycles. The summed E-state index contributed by atoms with van der Waals surface area (Å²) in [5, 5.41) is 5.51. The number of benzene rings is 2. The number of nitrogens with zero attached hydrogens (tertiary/aromatic N) is 1. The number of carbonyl (C=O) groups excluding carboxylic acids is 2. The second-order valence-corrected chi connectivity index (χ2v) is 6.58. The lowest BCUT2D eigenvalue weighted by molar-refractivity contribution is -0.113. The summed E-state index contributed by atoms with van der Waals surface area (Å²) >= 11 is 0. The fraction of sp³-hybridized carbons (Fsp3) is 0.125. The van der Waals surface area contributed by atoms with Gasteiger partial charge in [0.2, 0.25) is 0 Å². The number of amides is 2. The highest BCUT2D eigenvalue weighted by molar-refractivity contribution is 6.10. The van der Waals surface area contributed by atoms with E-state index in [1.807, 2.05) is 26.0 Å². The Bertz CT molecular complexity index is 1030. The molecular formula is C24H23N3O3. The van der Waals surface area contributed by atoms with Gasteiger partial charge < -0.3 is 15.4 Å². The molecule has 3 aromatic rings. The lowest BCUT2D eigenvalue weighted by Crippen LogP contribution is -2.30. The fourth-order valence-corrected chi connectivity index (χ4v) is 2.69. The van der Waals surface area contributed by atoms with Crippen molar-refractivity contribution in [3.8, 4) is 5.75 Å². The average molecular weight is 401 g/mol. The van der Waals surface area contributed by atoms with Gasteiger partial charge in [-0.15, -0.1) is 0 Å². The van der Waals surface area contributed by atoms with Gasteiger partial charge in [-0.3, -0.25) is 14.6 Å². The van der Waals surface area contributed by atoms with Crippen LogP contribution in [0.15, 0.2) is 78.8 Å². The topological polar surface area (TPSA) is 80.3 Å². The summed E-state index contributed by atoms with van der Waals surface area (Å²) in [5.41, 5.74) is 2.91. The standard InChI is InChI=1S/C24H23N3O3/c1-3-30-21-12-10-20(11-13-21)26-24(29)22(15-18-5-4-14-25-16-18)27-23(28)19-8-6-17(2)7-9-19/h4-16H,3H2,1-2H3,(H,26,29)(H,27,28)/b22-15-. The highest BCUT2D eigenvalue weighted by Gasteiger charge is 2.15. The van der Waals surface area contributed by atoms with Crippen LogP contribution in [0.3, 0.4) is 0 Å². The molecule has 0 radical (unpaired) electrons. The number of rotatable bonds is 7. The molecule has 1 heterocycles. The van der Waals surface area contributed by atoms with E-state index in [1.165, 1.54) is 0 Å². The number of aromatic nitrogens is 1. The van der Waals surface area contributed by atoms with E-state index in [0.717, 1.165) is 5.56 Å². The second-order valence-electron chi connectivity index (χ2n) is 6.58. The average Bonchev–Trinajstić information content (AvgIpc) is 2.76. The number of carbonyl (C=O) groups is 2. The van der Waals surface area contributed by atoms with Gasteiger partial charge in [0.25, 0.3) is 11.8 Å². The molecule has 2 N–H and O–H groups in total. The summed E-state index contributed by atoms with van der Waals surface area (Å²) in [6.07, 6.45) is 4.84. The van der Waals surface area contributed by atoms with Crippen LogP contribution in [0.5, 0.6) is 5.75 Å². The van der Waals surface area contributed by atoms with Crippen molar-refractivity contribution in [1.82, 2.24) is 10.3 Å². The molecule has 6 heteroatoms. The molecule has 2 amide bonds. The molecule has 0 fully saturated rings. The molecule has 1 aromatic heterocycles. The van der Waals surface area contributed by atoms with Crippen molar-refractivity contribution in [3.05, 3.63) is 95.4 Å². The molecule has 0 aliphatic heterocycles. The quantitative estimate of drug-likeness (QED) is 0.582. The zero-order valence-corrected chi connectivity index (χ0v) is 16.9. The zero-order chi connectivity index (χ0) is 21.3. The number of ether oxygens (including phenoxy) is 1. The lowest BCUT2D eigenvalue weighted by atomic mass is 10.1. The molecule has 30 heavy (non-hydrogen) atoms. The van der Waals surface area contributed by atoms with Gasteiger partial charge in [0, 0.05) is 23.6 Å². The van der Waals surface area contributed by atoms with Crippen molar-refractivity contribution in [2.24, 2.45) is 0 Å². The van der Waals surface area contributed by atoms with Crippen LogP contribution in [-0.4, -0.2) is 23.4 Å². The van der Waals surface area contributed by atoms with Gasteiger partial charge in [-0.1, -0.05) is 23.8 Å². The van der Waals surface area contributed by atoms with Crippen molar-refractivity contribution < 1.29 is 14.3 Å². The molecule has 3 rings (SSSR count). The van der Waals surface area contributed by atoms with E-state index in [0.29, 0.717) is 29.2 Å². The van der Waals surface area contributed by atoms with Crippen molar-refractivity contribution in [1.29, 1.82) is 0 Å². The number of anilines is 1. The van der Waals surface area contributed by atoms with Crippen molar-refractivity contribution in [2.75, 3.05) is 11.9 Å². The summed E-state index contributed by atoms with van der Waals surface area (Å²) in [5.74, 6) is -0.0928. The van der Waals surface area contributed by atoms with E-state index in [-0.39, 0.29) is 11.6 Å². The van der Waals surface area contributed by atoms with Crippen LogP contribution in [0.4, 0.5) is 5.69 Å². The van der Waals surface area contributed by atoms with Gasteiger partial charge in [0.1, 0.15) is 11.4 Å². The Hall–Kier alpha value is -3.93. The van der Waals surface area contributed by atoms with E-state index in [9.17, 15) is 9.59 Å². The molecule has 6 nitrogen and oxygen atoms in total. The van der Waals surface area contributed by atoms with Crippen molar-refractivity contribution in [2.45, 2.75) is 13.8 Å². The Morgan fingerprint density at radius 2 is 1.77 bits per heavy atom. The van der Waals surface area contributed by atoms with Gasteiger partial charge in [-0.2, -0.15) is 0 Å². The highest BCUT2D eigenvalue weighted by Crippen LogP contribution is 2.17. The minimum absolute atomic E-state index is 0.113. The number of hydrogen-bond acceptors (Lipinski definition) is 4. The monoisotopic (exact) mass is 401 g/mol. The third kappa shape index (κ3) is 5.78. The molecule has 2 aromatic carbocycles. The van der Waals surface area contributed by atoms with Gasteiger partial charge in [0.15, 0.2) is 0 Å². The molecule has 0 unspecified atom stereocenters. The van der Waals surface area contributed by atoms with E-state index in [2.05, 4.69) is 15.6 Å². The fourth-order valence-electron chi connectivity index (χ4n) is 2.69. The van der Waals surface area contributed by atoms with Crippen LogP contribution in [0.25, 0.3) is 6.08 Å². The Labute approximate surface area is 175 Å². The van der Waals surface area contributed by atoms with E-state index < -0.39 is 5.91 Å². The smallest absolute Gasteiger partial charge is 0.272 e. The third-order valence-corrected chi connectivity index (χ3v) is 4.23. The number of hydrogen-bond donors (Lipinski definition) is 2. The minimum Gasteiger partial charge on any atom is -0.494 e. The first-order valence-electron chi connectivity index (χ1n) is 9.59. The number of nitrogens with one attached hydrogen (secondary N) is 2. The molecule has 0 spiro atoms. The van der Waals surface area contributed by atoms with Crippen LogP contribution in [0.1, 0.15) is 28.4 Å². The minimum atomic E-state index is -0.441. The highest BCUT2D eigenvalue weighted by atomic mass is 16.5.